The number of carbonyl (C=O) groups is 2. The normalized spacial score (nSPS) is 15.5. The number of carboxylic acid groups (broad SMARTS) is 1. The van der Waals surface area contributed by atoms with E-state index in [9.17, 15) is 9.59 Å². The number of H-pyrrole nitrogens is 1. The van der Waals surface area contributed by atoms with Crippen LogP contribution in [0.3, 0.4) is 0 Å². The third-order valence-electron chi connectivity index (χ3n) is 3.88. The Morgan fingerprint density at radius 3 is 2.74 bits per heavy atom. The third kappa shape index (κ3) is 6.10. The zero-order valence-corrected chi connectivity index (χ0v) is 14.7. The minimum atomic E-state index is -0.776. The van der Waals surface area contributed by atoms with Crippen molar-refractivity contribution in [2.75, 3.05) is 18.1 Å². The summed E-state index contributed by atoms with van der Waals surface area (Å²) in [5.74, 6) is 0.915. The number of nitrogens with zero attached hydrogens (tertiary/aromatic N) is 1. The predicted octanol–water partition coefficient (Wildman–Crippen LogP) is 3.04. The molecule has 1 fully saturated rings. The lowest BCUT2D eigenvalue weighted by Gasteiger charge is -2.21. The first-order chi connectivity index (χ1) is 11.2. The Morgan fingerprint density at radius 2 is 2.00 bits per heavy atom. The quantitative estimate of drug-likeness (QED) is 0.464. The smallest absolute Gasteiger partial charge is 0.304 e. The Kier molecular flexibility index (Phi) is 7.81. The van der Waals surface area contributed by atoms with E-state index in [2.05, 4.69) is 15.5 Å². The van der Waals surface area contributed by atoms with Gasteiger partial charge in [0.1, 0.15) is 0 Å². The first kappa shape index (κ1) is 18.2. The van der Waals surface area contributed by atoms with Crippen molar-refractivity contribution >= 4 is 33.5 Å². The van der Waals surface area contributed by atoms with Crippen LogP contribution in [0.15, 0.2) is 6.20 Å². The fourth-order valence-electron chi connectivity index (χ4n) is 2.73. The number of amides is 1. The second-order valence-electron chi connectivity index (χ2n) is 5.58. The van der Waals surface area contributed by atoms with Gasteiger partial charge in [0.05, 0.1) is 23.9 Å². The molecule has 1 aromatic rings. The maximum atomic E-state index is 12.3. The van der Waals surface area contributed by atoms with Gasteiger partial charge in [-0.25, -0.2) is 0 Å². The first-order valence-corrected chi connectivity index (χ1v) is 10.4. The molecule has 1 saturated carbocycles. The number of hydrogen-bond donors (Lipinski definition) is 3. The van der Waals surface area contributed by atoms with Gasteiger partial charge in [0.25, 0.3) is 5.91 Å². The molecule has 0 aliphatic heterocycles. The molecule has 1 heterocycles. The summed E-state index contributed by atoms with van der Waals surface area (Å²) in [5.41, 5.74) is 1.64. The van der Waals surface area contributed by atoms with Gasteiger partial charge < -0.3 is 10.4 Å². The van der Waals surface area contributed by atoms with Gasteiger partial charge in [-0.1, -0.05) is 40.9 Å². The van der Waals surface area contributed by atoms with E-state index >= 15 is 0 Å². The van der Waals surface area contributed by atoms with E-state index in [1.165, 1.54) is 30.1 Å². The van der Waals surface area contributed by atoms with Crippen LogP contribution < -0.4 is 5.32 Å². The lowest BCUT2D eigenvalue weighted by molar-refractivity contribution is -0.136. The summed E-state index contributed by atoms with van der Waals surface area (Å²) in [6.07, 6.45) is 7.75. The summed E-state index contributed by atoms with van der Waals surface area (Å²) < 4.78 is 0. The number of rotatable bonds is 9. The number of nitrogens with one attached hydrogen (secondary N) is 2. The molecule has 0 saturated heterocycles. The zero-order chi connectivity index (χ0) is 16.5. The Labute approximate surface area is 144 Å². The van der Waals surface area contributed by atoms with Crippen LogP contribution in [-0.2, 0) is 4.79 Å². The second kappa shape index (κ2) is 9.87. The average molecular weight is 358 g/mol. The zero-order valence-electron chi connectivity index (χ0n) is 13.0. The summed E-state index contributed by atoms with van der Waals surface area (Å²) in [4.78, 5) is 22.7. The van der Waals surface area contributed by atoms with E-state index in [0.717, 1.165) is 24.3 Å². The summed E-state index contributed by atoms with van der Waals surface area (Å²) in [6.45, 7) is 0.568. The van der Waals surface area contributed by atoms with Crippen molar-refractivity contribution in [1.82, 2.24) is 15.5 Å². The minimum absolute atomic E-state index is 0.0736. The maximum absolute atomic E-state index is 12.3. The van der Waals surface area contributed by atoms with E-state index in [1.807, 2.05) is 0 Å². The summed E-state index contributed by atoms with van der Waals surface area (Å²) in [5, 5.41) is 18.5. The molecule has 0 unspecified atom stereocenters. The molecule has 2 rings (SSSR count). The minimum Gasteiger partial charge on any atom is -0.481 e. The Balaban J connectivity index is 1.69. The fourth-order valence-corrected chi connectivity index (χ4v) is 4.61. The second-order valence-corrected chi connectivity index (χ2v) is 8.28. The largest absolute Gasteiger partial charge is 0.481 e. The lowest BCUT2D eigenvalue weighted by atomic mass is 9.85. The molecule has 128 valence electrons. The molecule has 6 nitrogen and oxygen atoms in total. The van der Waals surface area contributed by atoms with Gasteiger partial charge in [0, 0.05) is 24.0 Å². The number of aromatic amines is 1. The van der Waals surface area contributed by atoms with Crippen LogP contribution in [0.1, 0.15) is 60.5 Å². The molecule has 8 heteroatoms. The van der Waals surface area contributed by atoms with Crippen molar-refractivity contribution < 1.29 is 14.7 Å². The van der Waals surface area contributed by atoms with Crippen LogP contribution >= 0.6 is 21.6 Å². The Morgan fingerprint density at radius 1 is 1.26 bits per heavy atom. The van der Waals surface area contributed by atoms with Crippen LogP contribution in [0.4, 0.5) is 0 Å². The Hall–Kier alpha value is -1.15. The number of carbonyl (C=O) groups excluding carboxylic acids is 1. The monoisotopic (exact) mass is 357 g/mol. The van der Waals surface area contributed by atoms with E-state index in [1.54, 1.807) is 17.0 Å². The molecular weight excluding hydrogens is 334 g/mol. The molecule has 0 bridgehead atoms. The Bertz CT molecular complexity index is 516. The highest BCUT2D eigenvalue weighted by Crippen LogP contribution is 2.33. The van der Waals surface area contributed by atoms with Gasteiger partial charge in [0.15, 0.2) is 0 Å². The molecule has 0 atom stereocenters. The van der Waals surface area contributed by atoms with Gasteiger partial charge in [-0.2, -0.15) is 5.10 Å². The third-order valence-corrected chi connectivity index (χ3v) is 6.29. The highest BCUT2D eigenvalue weighted by molar-refractivity contribution is 8.76. The summed E-state index contributed by atoms with van der Waals surface area (Å²) >= 11 is 0. The predicted molar refractivity (Wildman–Crippen MR) is 93.9 cm³/mol. The number of carboxylic acids is 1. The van der Waals surface area contributed by atoms with Gasteiger partial charge in [-0.3, -0.25) is 14.7 Å². The molecule has 0 radical (unpaired) electrons. The van der Waals surface area contributed by atoms with Crippen molar-refractivity contribution in [2.45, 2.75) is 44.4 Å². The van der Waals surface area contributed by atoms with Crippen LogP contribution in [0.2, 0.25) is 0 Å². The van der Waals surface area contributed by atoms with Crippen LogP contribution in [-0.4, -0.2) is 45.2 Å². The van der Waals surface area contributed by atoms with Gasteiger partial charge in [0.2, 0.25) is 0 Å². The number of aliphatic carboxylic acids is 1. The highest BCUT2D eigenvalue weighted by atomic mass is 33.1. The average Bonchev–Trinajstić information content (AvgIpc) is 3.04. The topological polar surface area (TPSA) is 95.1 Å². The van der Waals surface area contributed by atoms with Crippen molar-refractivity contribution in [3.63, 3.8) is 0 Å². The number of hydrogen-bond acceptors (Lipinski definition) is 5. The molecule has 0 spiro atoms. The van der Waals surface area contributed by atoms with Crippen molar-refractivity contribution in [1.29, 1.82) is 0 Å². The maximum Gasteiger partial charge on any atom is 0.304 e. The van der Waals surface area contributed by atoms with Crippen molar-refractivity contribution in [3.05, 3.63) is 17.5 Å². The molecule has 23 heavy (non-hydrogen) atoms. The standard InChI is InChI=1S/C15H23N3O3S2/c19-13(20)6-8-22-23-9-7-16-15(21)12-10-17-18-14(12)11-4-2-1-3-5-11/h10-11H,1-9H2,(H,16,21)(H,17,18)(H,19,20). The highest BCUT2D eigenvalue weighted by Gasteiger charge is 2.23. The molecule has 0 aromatic carbocycles. The molecular formula is C15H23N3O3S2. The van der Waals surface area contributed by atoms with Gasteiger partial charge >= 0.3 is 5.97 Å². The van der Waals surface area contributed by atoms with Gasteiger partial charge in [-0.15, -0.1) is 0 Å². The van der Waals surface area contributed by atoms with Crippen LogP contribution in [0, 0.1) is 0 Å². The molecule has 3 N–H and O–H groups in total. The SMILES string of the molecule is O=C(O)CCSSCCNC(=O)c1cn[nH]c1C1CCCCC1. The van der Waals surface area contributed by atoms with E-state index in [-0.39, 0.29) is 12.3 Å². The van der Waals surface area contributed by atoms with Crippen LogP contribution in [0.5, 0.6) is 0 Å². The molecule has 1 aromatic heterocycles. The van der Waals surface area contributed by atoms with E-state index in [0.29, 0.717) is 23.8 Å². The first-order valence-electron chi connectivity index (χ1n) is 7.96. The summed E-state index contributed by atoms with van der Waals surface area (Å²) in [7, 11) is 3.10. The number of aromatic nitrogens is 2. The fraction of sp³-hybridized carbons (Fsp3) is 0.667. The van der Waals surface area contributed by atoms with E-state index < -0.39 is 5.97 Å². The van der Waals surface area contributed by atoms with E-state index in [4.69, 9.17) is 5.11 Å². The molecule has 1 aliphatic rings. The molecule has 1 amide bonds. The molecule has 1 aliphatic carbocycles. The lowest BCUT2D eigenvalue weighted by Crippen LogP contribution is -2.26. The van der Waals surface area contributed by atoms with Crippen LogP contribution in [0.25, 0.3) is 0 Å². The van der Waals surface area contributed by atoms with Gasteiger partial charge in [-0.05, 0) is 12.8 Å². The van der Waals surface area contributed by atoms with Crippen molar-refractivity contribution in [2.24, 2.45) is 0 Å². The van der Waals surface area contributed by atoms with Crippen molar-refractivity contribution in [3.8, 4) is 0 Å². The summed E-state index contributed by atoms with van der Waals surface area (Å²) in [6, 6.07) is 0.